The summed E-state index contributed by atoms with van der Waals surface area (Å²) in [5, 5.41) is 19.5. The molecule has 0 heterocycles. The Labute approximate surface area is 137 Å². The van der Waals surface area contributed by atoms with Crippen LogP contribution in [-0.4, -0.2) is 22.2 Å². The SMILES string of the molecule is O=C(OSOC(=O)C(O)c1ccccc1)C(O)c1ccccc1. The maximum absolute atomic E-state index is 11.6. The number of aliphatic hydroxyl groups is 2. The molecular formula is C16H14O6S. The van der Waals surface area contributed by atoms with Crippen LogP contribution < -0.4 is 0 Å². The molecule has 0 bridgehead atoms. The summed E-state index contributed by atoms with van der Waals surface area (Å²) in [6.45, 7) is 0. The van der Waals surface area contributed by atoms with Gasteiger partial charge in [0, 0.05) is 0 Å². The molecule has 0 spiro atoms. The fraction of sp³-hybridized carbons (Fsp3) is 0.125. The molecule has 2 unspecified atom stereocenters. The molecule has 2 N–H and O–H groups in total. The van der Waals surface area contributed by atoms with Gasteiger partial charge in [-0.1, -0.05) is 60.7 Å². The lowest BCUT2D eigenvalue weighted by Crippen LogP contribution is -2.15. The summed E-state index contributed by atoms with van der Waals surface area (Å²) in [4.78, 5) is 23.2. The van der Waals surface area contributed by atoms with Crippen LogP contribution in [0.4, 0.5) is 0 Å². The van der Waals surface area contributed by atoms with Crippen molar-refractivity contribution in [2.45, 2.75) is 12.2 Å². The molecule has 120 valence electrons. The first kappa shape index (κ1) is 17.0. The molecule has 6 nitrogen and oxygen atoms in total. The number of carbonyl (C=O) groups excluding carboxylic acids is 2. The number of carbonyl (C=O) groups is 2. The smallest absolute Gasteiger partial charge is 0.354 e. The lowest BCUT2D eigenvalue weighted by Gasteiger charge is -2.10. The third kappa shape index (κ3) is 4.82. The highest BCUT2D eigenvalue weighted by molar-refractivity contribution is 7.90. The van der Waals surface area contributed by atoms with Gasteiger partial charge in [-0.15, -0.1) is 0 Å². The van der Waals surface area contributed by atoms with Gasteiger partial charge in [-0.3, -0.25) is 0 Å². The Bertz CT molecular complexity index is 589. The lowest BCUT2D eigenvalue weighted by atomic mass is 10.1. The largest absolute Gasteiger partial charge is 0.377 e. The molecule has 0 aliphatic rings. The van der Waals surface area contributed by atoms with Crippen molar-refractivity contribution in [1.29, 1.82) is 0 Å². The summed E-state index contributed by atoms with van der Waals surface area (Å²) in [5.41, 5.74) is 0.711. The van der Waals surface area contributed by atoms with Crippen LogP contribution in [0.5, 0.6) is 0 Å². The van der Waals surface area contributed by atoms with Crippen LogP contribution in [0.3, 0.4) is 0 Å². The van der Waals surface area contributed by atoms with Crippen molar-refractivity contribution < 1.29 is 28.2 Å². The van der Waals surface area contributed by atoms with E-state index in [9.17, 15) is 19.8 Å². The van der Waals surface area contributed by atoms with Crippen molar-refractivity contribution >= 4 is 24.3 Å². The highest BCUT2D eigenvalue weighted by Gasteiger charge is 2.23. The summed E-state index contributed by atoms with van der Waals surface area (Å²) in [7, 11) is 0. The van der Waals surface area contributed by atoms with Crippen LogP contribution in [0.25, 0.3) is 0 Å². The minimum atomic E-state index is -1.48. The third-order valence-corrected chi connectivity index (χ3v) is 3.37. The minimum absolute atomic E-state index is 0.0964. The van der Waals surface area contributed by atoms with E-state index in [2.05, 4.69) is 8.37 Å². The zero-order valence-corrected chi connectivity index (χ0v) is 12.7. The molecule has 0 aliphatic carbocycles. The molecule has 2 atom stereocenters. The number of rotatable bonds is 6. The van der Waals surface area contributed by atoms with Crippen molar-refractivity contribution in [3.8, 4) is 0 Å². The Morgan fingerprint density at radius 2 is 1.09 bits per heavy atom. The van der Waals surface area contributed by atoms with E-state index >= 15 is 0 Å². The number of hydrogen-bond acceptors (Lipinski definition) is 7. The van der Waals surface area contributed by atoms with Gasteiger partial charge in [-0.05, 0) is 11.1 Å². The Morgan fingerprint density at radius 1 is 0.739 bits per heavy atom. The second-order valence-corrected chi connectivity index (χ2v) is 4.97. The topological polar surface area (TPSA) is 93.1 Å². The standard InChI is InChI=1S/C16H14O6S/c17-13(11-7-3-1-4-8-11)15(19)21-23-22-16(20)14(18)12-9-5-2-6-10-12/h1-10,13-14,17-18H. The molecule has 2 aromatic rings. The molecular weight excluding hydrogens is 320 g/mol. The average Bonchev–Trinajstić information content (AvgIpc) is 2.61. The summed E-state index contributed by atoms with van der Waals surface area (Å²) in [5.74, 6) is -1.97. The minimum Gasteiger partial charge on any atom is -0.377 e. The number of aliphatic hydroxyl groups excluding tert-OH is 2. The molecule has 2 aromatic carbocycles. The zero-order chi connectivity index (χ0) is 16.7. The van der Waals surface area contributed by atoms with Crippen LogP contribution in [-0.2, 0) is 18.0 Å². The van der Waals surface area contributed by atoms with Crippen LogP contribution >= 0.6 is 12.3 Å². The maximum Gasteiger partial charge on any atom is 0.354 e. The third-order valence-electron chi connectivity index (χ3n) is 2.91. The van der Waals surface area contributed by atoms with Crippen LogP contribution in [0.1, 0.15) is 23.3 Å². The first-order valence-electron chi connectivity index (χ1n) is 6.64. The van der Waals surface area contributed by atoms with E-state index in [-0.39, 0.29) is 12.3 Å². The van der Waals surface area contributed by atoms with E-state index in [1.54, 1.807) is 60.7 Å². The molecule has 0 aromatic heterocycles. The van der Waals surface area contributed by atoms with Gasteiger partial charge in [0.2, 0.25) is 0 Å². The van der Waals surface area contributed by atoms with Gasteiger partial charge in [0.15, 0.2) is 12.2 Å². The fourth-order valence-corrected chi connectivity index (χ4v) is 2.07. The predicted octanol–water partition coefficient (Wildman–Crippen LogP) is 2.10. The first-order valence-corrected chi connectivity index (χ1v) is 7.31. The molecule has 2 rings (SSSR count). The number of hydrogen-bond donors (Lipinski definition) is 2. The fourth-order valence-electron chi connectivity index (χ4n) is 1.72. The Balaban J connectivity index is 1.80. The molecule has 0 saturated heterocycles. The highest BCUT2D eigenvalue weighted by Crippen LogP contribution is 2.20. The monoisotopic (exact) mass is 334 g/mol. The molecule has 0 amide bonds. The molecule has 0 saturated carbocycles. The van der Waals surface area contributed by atoms with E-state index in [0.717, 1.165) is 0 Å². The van der Waals surface area contributed by atoms with Crippen molar-refractivity contribution in [2.75, 3.05) is 0 Å². The quantitative estimate of drug-likeness (QED) is 0.781. The Hall–Kier alpha value is -2.35. The maximum atomic E-state index is 11.6. The van der Waals surface area contributed by atoms with Crippen LogP contribution in [0.2, 0.25) is 0 Å². The molecule has 7 heteroatoms. The van der Waals surface area contributed by atoms with Gasteiger partial charge < -0.3 is 18.6 Å². The van der Waals surface area contributed by atoms with Gasteiger partial charge in [0.1, 0.15) is 0 Å². The van der Waals surface area contributed by atoms with Gasteiger partial charge in [0.25, 0.3) is 12.3 Å². The molecule has 23 heavy (non-hydrogen) atoms. The van der Waals surface area contributed by atoms with E-state index < -0.39 is 24.1 Å². The van der Waals surface area contributed by atoms with Crippen molar-refractivity contribution in [3.05, 3.63) is 71.8 Å². The van der Waals surface area contributed by atoms with E-state index in [1.165, 1.54) is 0 Å². The molecule has 0 aliphatic heterocycles. The second-order valence-electron chi connectivity index (χ2n) is 4.50. The number of benzene rings is 2. The Morgan fingerprint density at radius 3 is 1.43 bits per heavy atom. The van der Waals surface area contributed by atoms with Crippen molar-refractivity contribution in [2.24, 2.45) is 0 Å². The average molecular weight is 334 g/mol. The predicted molar refractivity (Wildman–Crippen MR) is 82.6 cm³/mol. The van der Waals surface area contributed by atoms with Gasteiger partial charge in [-0.2, -0.15) is 0 Å². The van der Waals surface area contributed by atoms with Gasteiger partial charge in [0.05, 0.1) is 0 Å². The summed E-state index contributed by atoms with van der Waals surface area (Å²) >= 11 is 0.0964. The van der Waals surface area contributed by atoms with Crippen LogP contribution in [0.15, 0.2) is 60.7 Å². The van der Waals surface area contributed by atoms with E-state index in [1.807, 2.05) is 0 Å². The van der Waals surface area contributed by atoms with Crippen molar-refractivity contribution in [1.82, 2.24) is 0 Å². The van der Waals surface area contributed by atoms with Crippen LogP contribution in [0, 0.1) is 0 Å². The van der Waals surface area contributed by atoms with E-state index in [4.69, 9.17) is 0 Å². The zero-order valence-electron chi connectivity index (χ0n) is 11.9. The van der Waals surface area contributed by atoms with Gasteiger partial charge >= 0.3 is 11.9 Å². The summed E-state index contributed by atoms with van der Waals surface area (Å²) in [6.07, 6.45) is -2.97. The second kappa shape index (κ2) is 8.33. The molecule has 0 fully saturated rings. The van der Waals surface area contributed by atoms with E-state index in [0.29, 0.717) is 11.1 Å². The highest BCUT2D eigenvalue weighted by atomic mass is 32.2. The first-order chi connectivity index (χ1) is 11.1. The lowest BCUT2D eigenvalue weighted by molar-refractivity contribution is -0.146. The van der Waals surface area contributed by atoms with Crippen molar-refractivity contribution in [3.63, 3.8) is 0 Å². The summed E-state index contributed by atoms with van der Waals surface area (Å²) in [6, 6.07) is 16.4. The molecule has 0 radical (unpaired) electrons. The van der Waals surface area contributed by atoms with Gasteiger partial charge in [-0.25, -0.2) is 9.59 Å². The Kier molecular flexibility index (Phi) is 6.16. The summed E-state index contributed by atoms with van der Waals surface area (Å²) < 4.78 is 9.18. The normalized spacial score (nSPS) is 13.0.